The van der Waals surface area contributed by atoms with Crippen LogP contribution in [0.3, 0.4) is 0 Å². The van der Waals surface area contributed by atoms with Gasteiger partial charge in [0.1, 0.15) is 0 Å². The maximum atomic E-state index is 14.2. The summed E-state index contributed by atoms with van der Waals surface area (Å²) >= 11 is 0. The molecule has 0 aromatic heterocycles. The lowest BCUT2D eigenvalue weighted by atomic mass is 9.83. The van der Waals surface area contributed by atoms with E-state index in [1.54, 1.807) is 0 Å². The van der Waals surface area contributed by atoms with Gasteiger partial charge in [-0.1, -0.05) is 44.5 Å². The van der Waals surface area contributed by atoms with Gasteiger partial charge in [-0.15, -0.1) is 0 Å². The number of benzene rings is 1. The van der Waals surface area contributed by atoms with Gasteiger partial charge in [0, 0.05) is 0 Å². The Morgan fingerprint density at radius 3 is 1.52 bits per heavy atom. The molecule has 14 heteroatoms. The third-order valence-corrected chi connectivity index (χ3v) is 5.14. The normalized spacial score (nSPS) is 16.6. The molecule has 2 atom stereocenters. The van der Waals surface area contributed by atoms with Crippen molar-refractivity contribution in [2.75, 3.05) is 0 Å². The van der Waals surface area contributed by atoms with E-state index < -0.39 is 53.4 Å². The summed E-state index contributed by atoms with van der Waals surface area (Å²) < 4.78 is 172. The highest BCUT2D eigenvalue weighted by Gasteiger charge is 2.91. The van der Waals surface area contributed by atoms with E-state index in [0.717, 1.165) is 18.6 Å². The van der Waals surface area contributed by atoms with Crippen molar-refractivity contribution in [1.29, 1.82) is 0 Å². The Bertz CT molecular complexity index is 784. The van der Waals surface area contributed by atoms with E-state index in [0.29, 0.717) is 18.4 Å². The van der Waals surface area contributed by atoms with Crippen molar-refractivity contribution in [3.8, 4) is 0 Å². The first-order valence-electron chi connectivity index (χ1n) is 9.34. The van der Waals surface area contributed by atoms with Gasteiger partial charge in [0.15, 0.2) is 0 Å². The largest absolute Gasteiger partial charge is 0.460 e. The van der Waals surface area contributed by atoms with Gasteiger partial charge < -0.3 is 5.11 Å². The number of hydrogen-bond acceptors (Lipinski definition) is 1. The number of halogens is 13. The van der Waals surface area contributed by atoms with Crippen molar-refractivity contribution in [2.45, 2.75) is 75.0 Å². The number of rotatable bonds is 10. The Balaban J connectivity index is 3.35. The average molecular weight is 510 g/mol. The van der Waals surface area contributed by atoms with Crippen LogP contribution in [0.25, 0.3) is 0 Å². The second-order valence-electron chi connectivity index (χ2n) is 7.50. The monoisotopic (exact) mass is 510 g/mol. The lowest BCUT2D eigenvalue weighted by Gasteiger charge is -2.42. The first kappa shape index (κ1) is 29.3. The van der Waals surface area contributed by atoms with Gasteiger partial charge in [0.25, 0.3) is 0 Å². The van der Waals surface area contributed by atoms with E-state index in [4.69, 9.17) is 0 Å². The molecule has 0 saturated heterocycles. The maximum Gasteiger partial charge on any atom is 0.460 e. The van der Waals surface area contributed by atoms with E-state index >= 15 is 0 Å². The molecule has 1 aromatic carbocycles. The lowest BCUT2D eigenvalue weighted by molar-refractivity contribution is -0.444. The fourth-order valence-corrected chi connectivity index (χ4v) is 2.82. The molecule has 0 spiro atoms. The van der Waals surface area contributed by atoms with Crippen molar-refractivity contribution in [3.63, 3.8) is 0 Å². The van der Waals surface area contributed by atoms with E-state index in [1.165, 1.54) is 12.1 Å². The quantitative estimate of drug-likeness (QED) is 0.325. The zero-order valence-corrected chi connectivity index (χ0v) is 16.9. The molecule has 1 rings (SSSR count). The molecule has 0 aliphatic carbocycles. The van der Waals surface area contributed by atoms with Crippen LogP contribution >= 0.6 is 0 Å². The number of aryl methyl sites for hydroxylation is 1. The van der Waals surface area contributed by atoms with Gasteiger partial charge in [0.05, 0.1) is 12.0 Å². The molecular formula is C19H19F13O. The minimum absolute atomic E-state index is 0.0275. The SMILES string of the molecule is CCCCc1ccc(C(O)C(C)C(F)(F)C(F)(F)C(F)(F)C(F)(F)C(F)(F)C(F)(F)F)cc1. The van der Waals surface area contributed by atoms with Crippen LogP contribution in [-0.4, -0.2) is 40.9 Å². The van der Waals surface area contributed by atoms with E-state index in [2.05, 4.69) is 0 Å². The summed E-state index contributed by atoms with van der Waals surface area (Å²) in [6, 6.07) is 4.49. The first-order valence-corrected chi connectivity index (χ1v) is 9.34. The van der Waals surface area contributed by atoms with Gasteiger partial charge >= 0.3 is 35.8 Å². The van der Waals surface area contributed by atoms with Crippen LogP contribution in [0.4, 0.5) is 57.1 Å². The zero-order valence-electron chi connectivity index (χ0n) is 16.9. The van der Waals surface area contributed by atoms with Crippen molar-refractivity contribution < 1.29 is 62.2 Å². The summed E-state index contributed by atoms with van der Waals surface area (Å²) in [5, 5.41) is 9.94. The summed E-state index contributed by atoms with van der Waals surface area (Å²) in [4.78, 5) is 0. The third kappa shape index (κ3) is 4.76. The van der Waals surface area contributed by atoms with Crippen LogP contribution < -0.4 is 0 Å². The average Bonchev–Trinajstić information content (AvgIpc) is 2.69. The molecule has 0 aliphatic heterocycles. The van der Waals surface area contributed by atoms with Gasteiger partial charge in [-0.2, -0.15) is 57.1 Å². The number of aliphatic hydroxyl groups is 1. The summed E-state index contributed by atoms with van der Waals surface area (Å²) in [5.41, 5.74) is 0.0898. The first-order chi connectivity index (χ1) is 14.6. The second kappa shape index (κ2) is 9.14. The second-order valence-corrected chi connectivity index (χ2v) is 7.50. The van der Waals surface area contributed by atoms with Crippen molar-refractivity contribution >= 4 is 0 Å². The minimum atomic E-state index is -7.96. The number of hydrogen-bond donors (Lipinski definition) is 1. The summed E-state index contributed by atoms with van der Waals surface area (Å²) in [6.45, 7) is 1.88. The molecule has 0 saturated carbocycles. The standard InChI is InChI=1S/C19H19F13O/c1-3-4-5-11-6-8-12(9-7-11)13(33)10(2)14(20,21)15(22,23)16(24,25)17(26,27)18(28,29)19(30,31)32/h6-10,13,33H,3-5H2,1-2H3. The molecule has 0 fully saturated rings. The Hall–Kier alpha value is -1.73. The molecule has 2 unspecified atom stereocenters. The van der Waals surface area contributed by atoms with Gasteiger partial charge in [-0.3, -0.25) is 0 Å². The Labute approximate surface area is 179 Å². The molecule has 33 heavy (non-hydrogen) atoms. The van der Waals surface area contributed by atoms with Crippen LogP contribution in [0.2, 0.25) is 0 Å². The fourth-order valence-electron chi connectivity index (χ4n) is 2.82. The molecule has 1 nitrogen and oxygen atoms in total. The van der Waals surface area contributed by atoms with Gasteiger partial charge in [-0.05, 0) is 24.0 Å². The topological polar surface area (TPSA) is 20.2 Å². The minimum Gasteiger partial charge on any atom is -0.388 e. The molecular weight excluding hydrogens is 491 g/mol. The fraction of sp³-hybridized carbons (Fsp3) is 0.684. The summed E-state index contributed by atoms with van der Waals surface area (Å²) in [5.74, 6) is -40.7. The smallest absolute Gasteiger partial charge is 0.388 e. The lowest BCUT2D eigenvalue weighted by Crippen LogP contribution is -2.71. The molecule has 0 heterocycles. The summed E-state index contributed by atoms with van der Waals surface area (Å²) in [6.07, 6.45) is -8.18. The van der Waals surface area contributed by atoms with Gasteiger partial charge in [0.2, 0.25) is 0 Å². The molecule has 0 amide bonds. The van der Waals surface area contributed by atoms with E-state index in [9.17, 15) is 62.2 Å². The van der Waals surface area contributed by atoms with Gasteiger partial charge in [-0.25, -0.2) is 0 Å². The Morgan fingerprint density at radius 2 is 1.12 bits per heavy atom. The van der Waals surface area contributed by atoms with Crippen LogP contribution in [0.5, 0.6) is 0 Å². The highest BCUT2D eigenvalue weighted by molar-refractivity contribution is 5.25. The molecule has 1 N–H and O–H groups in total. The van der Waals surface area contributed by atoms with E-state index in [-0.39, 0.29) is 6.92 Å². The third-order valence-electron chi connectivity index (χ3n) is 5.14. The van der Waals surface area contributed by atoms with Crippen LogP contribution in [-0.2, 0) is 6.42 Å². The number of aliphatic hydroxyl groups excluding tert-OH is 1. The van der Waals surface area contributed by atoms with Crippen molar-refractivity contribution in [2.24, 2.45) is 5.92 Å². The number of alkyl halides is 13. The Morgan fingerprint density at radius 1 is 0.697 bits per heavy atom. The zero-order chi connectivity index (χ0) is 26.3. The Kier molecular flexibility index (Phi) is 8.11. The van der Waals surface area contributed by atoms with Crippen LogP contribution in [0, 0.1) is 5.92 Å². The molecule has 0 aliphatic rings. The van der Waals surface area contributed by atoms with Crippen LogP contribution in [0.1, 0.15) is 43.9 Å². The predicted molar refractivity (Wildman–Crippen MR) is 90.0 cm³/mol. The molecule has 192 valence electrons. The highest BCUT2D eigenvalue weighted by atomic mass is 19.4. The molecule has 1 aromatic rings. The van der Waals surface area contributed by atoms with Crippen molar-refractivity contribution in [1.82, 2.24) is 0 Å². The number of unbranched alkanes of at least 4 members (excludes halogenated alkanes) is 1. The highest BCUT2D eigenvalue weighted by Crippen LogP contribution is 2.61. The van der Waals surface area contributed by atoms with Crippen LogP contribution in [0.15, 0.2) is 24.3 Å². The maximum absolute atomic E-state index is 14.2. The van der Waals surface area contributed by atoms with E-state index in [1.807, 2.05) is 6.92 Å². The molecule has 0 radical (unpaired) electrons. The summed E-state index contributed by atoms with van der Waals surface area (Å²) in [7, 11) is 0. The molecule has 0 bridgehead atoms. The van der Waals surface area contributed by atoms with Crippen molar-refractivity contribution in [3.05, 3.63) is 35.4 Å². The predicted octanol–water partition coefficient (Wildman–Crippen LogP) is 7.44.